The molecule has 108 valence electrons. The number of ketones is 1. The predicted octanol–water partition coefficient (Wildman–Crippen LogP) is 2.10. The highest BCUT2D eigenvalue weighted by molar-refractivity contribution is 6.42. The molecule has 0 aliphatic rings. The van der Waals surface area contributed by atoms with Crippen molar-refractivity contribution in [3.63, 3.8) is 0 Å². The number of nitrogen functional groups attached to an aromatic ring is 1. The van der Waals surface area contributed by atoms with E-state index in [1.807, 2.05) is 0 Å². The van der Waals surface area contributed by atoms with E-state index in [1.165, 1.54) is 30.3 Å². The zero-order valence-corrected chi connectivity index (χ0v) is 12.2. The summed E-state index contributed by atoms with van der Waals surface area (Å²) in [5, 5.41) is 11.3. The van der Waals surface area contributed by atoms with Crippen LogP contribution in [-0.2, 0) is 11.2 Å². The van der Waals surface area contributed by atoms with Gasteiger partial charge in [0.25, 0.3) is 0 Å². The number of halogens is 2. The molecule has 0 aliphatic heterocycles. The van der Waals surface area contributed by atoms with Gasteiger partial charge in [0.05, 0.1) is 10.0 Å². The summed E-state index contributed by atoms with van der Waals surface area (Å²) in [6.07, 6.45) is -0.353. The van der Waals surface area contributed by atoms with Gasteiger partial charge in [-0.3, -0.25) is 4.79 Å². The molecule has 2 rings (SSSR count). The second-order valence-electron chi connectivity index (χ2n) is 4.39. The smallest absolute Gasteiger partial charge is 0.195 e. The molecule has 0 saturated heterocycles. The molecule has 2 aromatic rings. The summed E-state index contributed by atoms with van der Waals surface area (Å²) in [5.41, 5.74) is 6.86. The van der Waals surface area contributed by atoms with Gasteiger partial charge >= 0.3 is 0 Å². The fraction of sp³-hybridized carbons (Fsp3) is 0.0667. The topological polar surface area (TPSA) is 83.2 Å². The standard InChI is InChI=1S/C15H11Cl2NO3/c16-11-5-4-9(6-12(11)17)15(21)10-3-1-2-8(14(10)18)7-13(19)20/h1-6H,7,18H2,(H,19,20)/p-1. The van der Waals surface area contributed by atoms with Crippen LogP contribution in [0.3, 0.4) is 0 Å². The number of carboxylic acids is 1. The molecule has 2 aromatic carbocycles. The second kappa shape index (κ2) is 6.16. The number of benzene rings is 2. The lowest BCUT2D eigenvalue weighted by molar-refractivity contribution is -0.304. The Kier molecular flexibility index (Phi) is 4.50. The molecule has 0 spiro atoms. The maximum Gasteiger partial charge on any atom is 0.195 e. The number of rotatable bonds is 4. The van der Waals surface area contributed by atoms with Gasteiger partial charge in [-0.1, -0.05) is 35.3 Å². The Morgan fingerprint density at radius 3 is 2.43 bits per heavy atom. The summed E-state index contributed by atoms with van der Waals surface area (Å²) in [7, 11) is 0. The number of para-hydroxylation sites is 1. The second-order valence-corrected chi connectivity index (χ2v) is 5.20. The summed E-state index contributed by atoms with van der Waals surface area (Å²) in [6, 6.07) is 9.12. The third-order valence-electron chi connectivity index (χ3n) is 2.96. The van der Waals surface area contributed by atoms with Crippen molar-refractivity contribution in [2.45, 2.75) is 6.42 Å². The van der Waals surface area contributed by atoms with Crippen LogP contribution in [0, 0.1) is 0 Å². The SMILES string of the molecule is Nc1c(CC(=O)[O-])cccc1C(=O)c1ccc(Cl)c(Cl)c1. The maximum atomic E-state index is 12.4. The van der Waals surface area contributed by atoms with E-state index in [2.05, 4.69) is 0 Å². The van der Waals surface area contributed by atoms with E-state index in [4.69, 9.17) is 28.9 Å². The van der Waals surface area contributed by atoms with Crippen LogP contribution < -0.4 is 10.8 Å². The summed E-state index contributed by atoms with van der Waals surface area (Å²) in [5.74, 6) is -1.62. The Hall–Kier alpha value is -2.04. The van der Waals surface area contributed by atoms with Crippen LogP contribution >= 0.6 is 23.2 Å². The molecule has 0 aliphatic carbocycles. The number of hydrogen-bond donors (Lipinski definition) is 1. The number of carboxylic acid groups (broad SMARTS) is 1. The van der Waals surface area contributed by atoms with E-state index < -0.39 is 5.97 Å². The van der Waals surface area contributed by atoms with Crippen LogP contribution in [0.2, 0.25) is 10.0 Å². The van der Waals surface area contributed by atoms with Crippen molar-refractivity contribution < 1.29 is 14.7 Å². The minimum atomic E-state index is -1.26. The molecule has 2 N–H and O–H groups in total. The Balaban J connectivity index is 2.43. The molecule has 0 fully saturated rings. The van der Waals surface area contributed by atoms with Crippen molar-refractivity contribution in [2.75, 3.05) is 5.73 Å². The average molecular weight is 323 g/mol. The fourth-order valence-electron chi connectivity index (χ4n) is 1.91. The fourth-order valence-corrected chi connectivity index (χ4v) is 2.21. The van der Waals surface area contributed by atoms with Gasteiger partial charge in [-0.15, -0.1) is 0 Å². The quantitative estimate of drug-likeness (QED) is 0.690. The molecule has 0 atom stereocenters. The van der Waals surface area contributed by atoms with Gasteiger partial charge in [-0.25, -0.2) is 0 Å². The average Bonchev–Trinajstić information content (AvgIpc) is 2.43. The number of carbonyl (C=O) groups is 2. The largest absolute Gasteiger partial charge is 0.550 e. The van der Waals surface area contributed by atoms with Gasteiger partial charge < -0.3 is 15.6 Å². The Morgan fingerprint density at radius 2 is 1.81 bits per heavy atom. The van der Waals surface area contributed by atoms with Crippen molar-refractivity contribution in [1.29, 1.82) is 0 Å². The van der Waals surface area contributed by atoms with Crippen molar-refractivity contribution in [3.05, 3.63) is 63.1 Å². The minimum absolute atomic E-state index is 0.123. The Labute approximate surface area is 131 Å². The highest BCUT2D eigenvalue weighted by Gasteiger charge is 2.15. The summed E-state index contributed by atoms with van der Waals surface area (Å²) in [6.45, 7) is 0. The van der Waals surface area contributed by atoms with Crippen LogP contribution in [0.1, 0.15) is 21.5 Å². The Morgan fingerprint density at radius 1 is 1.10 bits per heavy atom. The molecule has 6 heteroatoms. The summed E-state index contributed by atoms with van der Waals surface area (Å²) in [4.78, 5) is 23.1. The van der Waals surface area contributed by atoms with E-state index in [-0.39, 0.29) is 28.5 Å². The van der Waals surface area contributed by atoms with Crippen molar-refractivity contribution >= 4 is 40.6 Å². The number of nitrogens with two attached hydrogens (primary N) is 1. The van der Waals surface area contributed by atoms with Gasteiger partial charge in [-0.2, -0.15) is 0 Å². The van der Waals surface area contributed by atoms with Gasteiger partial charge in [0.2, 0.25) is 0 Å². The van der Waals surface area contributed by atoms with Crippen molar-refractivity contribution in [2.24, 2.45) is 0 Å². The molecule has 0 amide bonds. The van der Waals surface area contributed by atoms with Gasteiger partial charge in [0.15, 0.2) is 5.78 Å². The lowest BCUT2D eigenvalue weighted by atomic mass is 9.98. The van der Waals surface area contributed by atoms with Crippen LogP contribution in [0.25, 0.3) is 0 Å². The Bertz CT molecular complexity index is 729. The highest BCUT2D eigenvalue weighted by atomic mass is 35.5. The molecule has 0 radical (unpaired) electrons. The molecule has 21 heavy (non-hydrogen) atoms. The van der Waals surface area contributed by atoms with E-state index in [0.29, 0.717) is 16.1 Å². The summed E-state index contributed by atoms with van der Waals surface area (Å²) < 4.78 is 0. The number of carbonyl (C=O) groups excluding carboxylic acids is 2. The zero-order chi connectivity index (χ0) is 15.6. The normalized spacial score (nSPS) is 10.4. The van der Waals surface area contributed by atoms with E-state index in [0.717, 1.165) is 0 Å². The van der Waals surface area contributed by atoms with E-state index >= 15 is 0 Å². The maximum absolute atomic E-state index is 12.4. The minimum Gasteiger partial charge on any atom is -0.550 e. The van der Waals surface area contributed by atoms with Crippen molar-refractivity contribution in [1.82, 2.24) is 0 Å². The zero-order valence-electron chi connectivity index (χ0n) is 10.7. The molecule has 0 saturated carbocycles. The van der Waals surface area contributed by atoms with Gasteiger partial charge in [0.1, 0.15) is 0 Å². The molecular weight excluding hydrogens is 313 g/mol. The van der Waals surface area contributed by atoms with Crippen LogP contribution in [0.15, 0.2) is 36.4 Å². The lowest BCUT2D eigenvalue weighted by Gasteiger charge is -2.11. The summed E-state index contributed by atoms with van der Waals surface area (Å²) >= 11 is 11.7. The number of anilines is 1. The number of aliphatic carboxylic acids is 1. The van der Waals surface area contributed by atoms with Crippen LogP contribution in [0.4, 0.5) is 5.69 Å². The first-order chi connectivity index (χ1) is 9.90. The van der Waals surface area contributed by atoms with Crippen LogP contribution in [-0.4, -0.2) is 11.8 Å². The monoisotopic (exact) mass is 322 g/mol. The first-order valence-electron chi connectivity index (χ1n) is 5.97. The first kappa shape index (κ1) is 15.4. The molecule has 0 aromatic heterocycles. The predicted molar refractivity (Wildman–Crippen MR) is 79.5 cm³/mol. The molecule has 0 bridgehead atoms. The van der Waals surface area contributed by atoms with E-state index in [1.54, 1.807) is 6.07 Å². The lowest BCUT2D eigenvalue weighted by Crippen LogP contribution is -2.25. The first-order valence-corrected chi connectivity index (χ1v) is 6.72. The molecule has 0 unspecified atom stereocenters. The van der Waals surface area contributed by atoms with Crippen molar-refractivity contribution in [3.8, 4) is 0 Å². The van der Waals surface area contributed by atoms with Gasteiger partial charge in [0, 0.05) is 29.2 Å². The molecule has 4 nitrogen and oxygen atoms in total. The van der Waals surface area contributed by atoms with Crippen LogP contribution in [0.5, 0.6) is 0 Å². The third kappa shape index (κ3) is 3.35. The molecule has 0 heterocycles. The molecular formula is C15H10Cl2NO3-. The van der Waals surface area contributed by atoms with Gasteiger partial charge in [-0.05, 0) is 29.8 Å². The highest BCUT2D eigenvalue weighted by Crippen LogP contribution is 2.26. The number of hydrogen-bond acceptors (Lipinski definition) is 4. The third-order valence-corrected chi connectivity index (χ3v) is 3.70. The van der Waals surface area contributed by atoms with E-state index in [9.17, 15) is 14.7 Å².